The Kier molecular flexibility index (Phi) is 9.83. The molecule has 1 atom stereocenters. The van der Waals surface area contributed by atoms with E-state index in [9.17, 15) is 0 Å². The maximum absolute atomic E-state index is 8.89. The smallest absolute Gasteiger partial charge is 0.0895 e. The van der Waals surface area contributed by atoms with Crippen molar-refractivity contribution in [2.45, 2.75) is 13.0 Å². The van der Waals surface area contributed by atoms with Crippen molar-refractivity contribution in [2.24, 2.45) is 5.73 Å². The maximum Gasteiger partial charge on any atom is 0.0895 e. The van der Waals surface area contributed by atoms with Gasteiger partial charge in [0.1, 0.15) is 0 Å². The second-order valence-electron chi connectivity index (χ2n) is 2.36. The van der Waals surface area contributed by atoms with Crippen molar-refractivity contribution >= 4 is 12.4 Å². The van der Waals surface area contributed by atoms with Gasteiger partial charge in [-0.05, 0) is 6.92 Å². The Hall–Kier alpha value is -0.0900. The highest BCUT2D eigenvalue weighted by Gasteiger charge is 1.98. The molecule has 0 bridgehead atoms. The number of ether oxygens (including phenoxy) is 1. The summed E-state index contributed by atoms with van der Waals surface area (Å²) >= 11 is 0. The lowest BCUT2D eigenvalue weighted by molar-refractivity contribution is 0.0517. The summed E-state index contributed by atoms with van der Waals surface area (Å²) < 4.78 is 5.02. The van der Waals surface area contributed by atoms with E-state index in [0.717, 1.165) is 5.57 Å². The predicted octanol–water partition coefficient (Wildman–Crippen LogP) is 0.321. The van der Waals surface area contributed by atoms with Crippen LogP contribution >= 0.6 is 12.4 Å². The van der Waals surface area contributed by atoms with E-state index in [2.05, 4.69) is 6.58 Å². The minimum atomic E-state index is -0.542. The molecule has 0 saturated carbocycles. The highest BCUT2D eigenvalue weighted by molar-refractivity contribution is 5.85. The highest BCUT2D eigenvalue weighted by Crippen LogP contribution is 1.89. The molecule has 0 saturated heterocycles. The number of aliphatic hydroxyl groups is 1. The van der Waals surface area contributed by atoms with E-state index in [1.54, 1.807) is 0 Å². The molecular weight excluding hydrogens is 166 g/mol. The lowest BCUT2D eigenvalue weighted by Crippen LogP contribution is -2.25. The Morgan fingerprint density at radius 2 is 2.27 bits per heavy atom. The lowest BCUT2D eigenvalue weighted by atomic mass is 10.3. The van der Waals surface area contributed by atoms with Gasteiger partial charge in [-0.3, -0.25) is 0 Å². The van der Waals surface area contributed by atoms with E-state index in [1.165, 1.54) is 0 Å². The van der Waals surface area contributed by atoms with Crippen LogP contribution in [0, 0.1) is 0 Å². The zero-order valence-electron chi connectivity index (χ0n) is 6.75. The molecule has 0 amide bonds. The van der Waals surface area contributed by atoms with Gasteiger partial charge in [0.05, 0.1) is 19.3 Å². The number of hydrogen-bond donors (Lipinski definition) is 2. The quantitative estimate of drug-likeness (QED) is 0.601. The molecule has 0 aliphatic carbocycles. The van der Waals surface area contributed by atoms with E-state index in [0.29, 0.717) is 13.2 Å². The fraction of sp³-hybridized carbons (Fsp3) is 0.714. The number of rotatable bonds is 5. The van der Waals surface area contributed by atoms with Gasteiger partial charge in [0.2, 0.25) is 0 Å². The minimum Gasteiger partial charge on any atom is -0.389 e. The van der Waals surface area contributed by atoms with Crippen molar-refractivity contribution in [2.75, 3.05) is 19.8 Å². The Bertz CT molecular complexity index is 109. The van der Waals surface area contributed by atoms with E-state index < -0.39 is 6.10 Å². The minimum absolute atomic E-state index is 0. The maximum atomic E-state index is 8.89. The first-order valence-electron chi connectivity index (χ1n) is 3.27. The van der Waals surface area contributed by atoms with E-state index in [1.807, 2.05) is 6.92 Å². The molecule has 0 aromatic carbocycles. The lowest BCUT2D eigenvalue weighted by Gasteiger charge is -2.07. The molecule has 11 heavy (non-hydrogen) atoms. The molecule has 0 aliphatic heterocycles. The topological polar surface area (TPSA) is 55.5 Å². The van der Waals surface area contributed by atoms with Crippen LogP contribution in [0.4, 0.5) is 0 Å². The van der Waals surface area contributed by atoms with Crippen LogP contribution in [-0.2, 0) is 4.74 Å². The molecule has 0 aliphatic rings. The van der Waals surface area contributed by atoms with Crippen molar-refractivity contribution in [1.82, 2.24) is 0 Å². The zero-order valence-corrected chi connectivity index (χ0v) is 7.56. The fourth-order valence-corrected chi connectivity index (χ4v) is 0.437. The second kappa shape index (κ2) is 8.01. The molecule has 3 nitrogen and oxygen atoms in total. The number of halogens is 1. The van der Waals surface area contributed by atoms with Gasteiger partial charge in [-0.25, -0.2) is 0 Å². The summed E-state index contributed by atoms with van der Waals surface area (Å²) in [6.45, 7) is 6.55. The summed E-state index contributed by atoms with van der Waals surface area (Å²) in [5, 5.41) is 8.89. The van der Waals surface area contributed by atoms with Crippen LogP contribution in [-0.4, -0.2) is 31.0 Å². The summed E-state index contributed by atoms with van der Waals surface area (Å²) in [7, 11) is 0. The van der Waals surface area contributed by atoms with Crippen LogP contribution in [0.25, 0.3) is 0 Å². The largest absolute Gasteiger partial charge is 0.389 e. The molecule has 4 heteroatoms. The Labute approximate surface area is 73.6 Å². The van der Waals surface area contributed by atoms with Crippen molar-refractivity contribution in [3.05, 3.63) is 12.2 Å². The van der Waals surface area contributed by atoms with Crippen molar-refractivity contribution in [3.8, 4) is 0 Å². The SMILES string of the molecule is C=C(C)COCC(O)CN.Cl. The number of hydrogen-bond acceptors (Lipinski definition) is 3. The van der Waals surface area contributed by atoms with Crippen LogP contribution < -0.4 is 5.73 Å². The molecule has 0 aromatic heterocycles. The predicted molar refractivity (Wildman–Crippen MR) is 47.9 cm³/mol. The van der Waals surface area contributed by atoms with Gasteiger partial charge < -0.3 is 15.6 Å². The number of nitrogens with two attached hydrogens (primary N) is 1. The average Bonchev–Trinajstić information content (AvgIpc) is 1.87. The molecule has 0 aromatic rings. The number of aliphatic hydroxyl groups excluding tert-OH is 1. The second-order valence-corrected chi connectivity index (χ2v) is 2.36. The first kappa shape index (κ1) is 13.5. The normalized spacial score (nSPS) is 11.9. The highest BCUT2D eigenvalue weighted by atomic mass is 35.5. The van der Waals surface area contributed by atoms with E-state index >= 15 is 0 Å². The van der Waals surface area contributed by atoms with Crippen molar-refractivity contribution in [3.63, 3.8) is 0 Å². The Balaban J connectivity index is 0. The summed E-state index contributed by atoms with van der Waals surface area (Å²) in [6.07, 6.45) is -0.542. The molecule has 0 radical (unpaired) electrons. The average molecular weight is 182 g/mol. The van der Waals surface area contributed by atoms with Gasteiger partial charge in [0, 0.05) is 6.54 Å². The molecule has 1 unspecified atom stereocenters. The summed E-state index contributed by atoms with van der Waals surface area (Å²) in [5.74, 6) is 0. The molecule has 0 fully saturated rings. The summed E-state index contributed by atoms with van der Waals surface area (Å²) in [6, 6.07) is 0. The van der Waals surface area contributed by atoms with Crippen molar-refractivity contribution in [1.29, 1.82) is 0 Å². The monoisotopic (exact) mass is 181 g/mol. The Morgan fingerprint density at radius 1 is 1.73 bits per heavy atom. The van der Waals surface area contributed by atoms with Gasteiger partial charge in [-0.2, -0.15) is 0 Å². The van der Waals surface area contributed by atoms with E-state index in [4.69, 9.17) is 15.6 Å². The van der Waals surface area contributed by atoms with Gasteiger partial charge in [-0.15, -0.1) is 12.4 Å². The molecule has 68 valence electrons. The Morgan fingerprint density at radius 3 is 2.64 bits per heavy atom. The van der Waals surface area contributed by atoms with Gasteiger partial charge >= 0.3 is 0 Å². The summed E-state index contributed by atoms with van der Waals surface area (Å²) in [5.41, 5.74) is 6.08. The third-order valence-electron chi connectivity index (χ3n) is 0.931. The van der Waals surface area contributed by atoms with Gasteiger partial charge in [0.15, 0.2) is 0 Å². The molecular formula is C7H16ClNO2. The molecule has 0 rings (SSSR count). The first-order chi connectivity index (χ1) is 4.66. The third kappa shape index (κ3) is 9.91. The third-order valence-corrected chi connectivity index (χ3v) is 0.931. The van der Waals surface area contributed by atoms with Gasteiger partial charge in [-0.1, -0.05) is 12.2 Å². The molecule has 0 heterocycles. The van der Waals surface area contributed by atoms with Crippen molar-refractivity contribution < 1.29 is 9.84 Å². The van der Waals surface area contributed by atoms with Crippen LogP contribution in [0.15, 0.2) is 12.2 Å². The van der Waals surface area contributed by atoms with Crippen LogP contribution in [0.3, 0.4) is 0 Å². The fourth-order valence-electron chi connectivity index (χ4n) is 0.437. The standard InChI is InChI=1S/C7H15NO2.ClH/c1-6(2)4-10-5-7(9)3-8;/h7,9H,1,3-5,8H2,2H3;1H. The van der Waals surface area contributed by atoms with Gasteiger partial charge in [0.25, 0.3) is 0 Å². The van der Waals surface area contributed by atoms with Crippen LogP contribution in [0.2, 0.25) is 0 Å². The molecule has 0 spiro atoms. The van der Waals surface area contributed by atoms with Crippen LogP contribution in [0.5, 0.6) is 0 Å². The molecule has 3 N–H and O–H groups in total. The van der Waals surface area contributed by atoms with Crippen LogP contribution in [0.1, 0.15) is 6.92 Å². The van der Waals surface area contributed by atoms with E-state index in [-0.39, 0.29) is 19.0 Å². The first-order valence-corrected chi connectivity index (χ1v) is 3.27. The summed E-state index contributed by atoms with van der Waals surface area (Å²) in [4.78, 5) is 0. The zero-order chi connectivity index (χ0) is 7.98.